The zero-order chi connectivity index (χ0) is 22.4. The normalized spacial score (nSPS) is 11.7. The molecule has 0 aliphatic carbocycles. The smallest absolute Gasteiger partial charge is 0.226 e. The van der Waals surface area contributed by atoms with Gasteiger partial charge in [0, 0.05) is 24.4 Å². The lowest BCUT2D eigenvalue weighted by molar-refractivity contribution is -0.124. The lowest BCUT2D eigenvalue weighted by Crippen LogP contribution is -2.32. The molecule has 3 aromatic rings. The van der Waals surface area contributed by atoms with Gasteiger partial charge in [0.25, 0.3) is 0 Å². The molecule has 7 heteroatoms. The fraction of sp³-hybridized carbons (Fsp3) is 0.292. The molecule has 0 bridgehead atoms. The van der Waals surface area contributed by atoms with E-state index in [1.807, 2.05) is 51.1 Å². The number of nitrogens with one attached hydrogen (secondary N) is 2. The number of aromatic nitrogens is 2. The second kappa shape index (κ2) is 10.0. The third-order valence-electron chi connectivity index (χ3n) is 5.03. The standard InChI is InChI=1S/C24H27FN4O2/c1-4-16(2)26-21(30)13-14-22(31)27-24-23(18-9-6-5-7-10-18)17(3)28-29(24)20-12-8-11-19(25)15-20/h5-12,15-16H,4,13-14H2,1-3H3,(H,26,30)(H,27,31)/t16-/m1/s1. The van der Waals surface area contributed by atoms with Crippen LogP contribution in [-0.4, -0.2) is 27.6 Å². The zero-order valence-electron chi connectivity index (χ0n) is 18.0. The summed E-state index contributed by atoms with van der Waals surface area (Å²) in [6.07, 6.45) is 0.943. The van der Waals surface area contributed by atoms with Crippen molar-refractivity contribution in [2.24, 2.45) is 0 Å². The van der Waals surface area contributed by atoms with Gasteiger partial charge in [-0.05, 0) is 44.0 Å². The topological polar surface area (TPSA) is 76.0 Å². The van der Waals surface area contributed by atoms with Gasteiger partial charge in [-0.25, -0.2) is 9.07 Å². The molecule has 3 rings (SSSR count). The molecule has 0 aliphatic heterocycles. The molecular weight excluding hydrogens is 395 g/mol. The summed E-state index contributed by atoms with van der Waals surface area (Å²) in [4.78, 5) is 24.7. The first-order chi connectivity index (χ1) is 14.9. The molecular formula is C24H27FN4O2. The zero-order valence-corrected chi connectivity index (χ0v) is 18.0. The number of halogens is 1. The average Bonchev–Trinajstić information content (AvgIpc) is 3.08. The number of anilines is 1. The number of hydrogen-bond acceptors (Lipinski definition) is 3. The fourth-order valence-corrected chi connectivity index (χ4v) is 3.26. The Kier molecular flexibility index (Phi) is 7.18. The third-order valence-corrected chi connectivity index (χ3v) is 5.03. The molecule has 6 nitrogen and oxygen atoms in total. The van der Waals surface area contributed by atoms with Crippen LogP contribution in [0.1, 0.15) is 38.8 Å². The van der Waals surface area contributed by atoms with Gasteiger partial charge in [-0.1, -0.05) is 43.3 Å². The van der Waals surface area contributed by atoms with Gasteiger partial charge in [0.1, 0.15) is 11.6 Å². The molecule has 1 atom stereocenters. The summed E-state index contributed by atoms with van der Waals surface area (Å²) in [6, 6.07) is 15.7. The van der Waals surface area contributed by atoms with Crippen molar-refractivity contribution in [1.82, 2.24) is 15.1 Å². The van der Waals surface area contributed by atoms with E-state index in [1.165, 1.54) is 16.8 Å². The number of aryl methyl sites for hydroxylation is 1. The largest absolute Gasteiger partial charge is 0.354 e. The van der Waals surface area contributed by atoms with Gasteiger partial charge in [0.2, 0.25) is 11.8 Å². The van der Waals surface area contributed by atoms with E-state index >= 15 is 0 Å². The van der Waals surface area contributed by atoms with Crippen LogP contribution >= 0.6 is 0 Å². The van der Waals surface area contributed by atoms with Crippen molar-refractivity contribution in [2.75, 3.05) is 5.32 Å². The molecule has 0 saturated heterocycles. The monoisotopic (exact) mass is 422 g/mol. The summed E-state index contributed by atoms with van der Waals surface area (Å²) in [7, 11) is 0. The molecule has 1 heterocycles. The Bertz CT molecular complexity index is 1060. The van der Waals surface area contributed by atoms with Crippen molar-refractivity contribution in [3.8, 4) is 16.8 Å². The van der Waals surface area contributed by atoms with Crippen LogP contribution in [0.4, 0.5) is 10.2 Å². The van der Waals surface area contributed by atoms with E-state index in [-0.39, 0.29) is 30.7 Å². The maximum Gasteiger partial charge on any atom is 0.226 e. The van der Waals surface area contributed by atoms with Crippen LogP contribution in [0.15, 0.2) is 54.6 Å². The Morgan fingerprint density at radius 2 is 1.77 bits per heavy atom. The fourth-order valence-electron chi connectivity index (χ4n) is 3.26. The highest BCUT2D eigenvalue weighted by molar-refractivity contribution is 5.97. The molecule has 31 heavy (non-hydrogen) atoms. The SMILES string of the molecule is CC[C@@H](C)NC(=O)CCC(=O)Nc1c(-c2ccccc2)c(C)nn1-c1cccc(F)c1. The van der Waals surface area contributed by atoms with E-state index < -0.39 is 5.82 Å². The summed E-state index contributed by atoms with van der Waals surface area (Å²) in [5.41, 5.74) is 2.82. The highest BCUT2D eigenvalue weighted by atomic mass is 19.1. The second-order valence-electron chi connectivity index (χ2n) is 7.49. The summed E-state index contributed by atoms with van der Waals surface area (Å²) in [5.74, 6) is -0.427. The van der Waals surface area contributed by atoms with Crippen molar-refractivity contribution in [3.63, 3.8) is 0 Å². The molecule has 0 unspecified atom stereocenters. The number of carbonyl (C=O) groups is 2. The molecule has 0 radical (unpaired) electrons. The van der Waals surface area contributed by atoms with E-state index in [0.29, 0.717) is 17.2 Å². The van der Waals surface area contributed by atoms with E-state index in [1.54, 1.807) is 12.1 Å². The second-order valence-corrected chi connectivity index (χ2v) is 7.49. The Labute approximate surface area is 181 Å². The molecule has 0 aliphatic rings. The molecule has 162 valence electrons. The third kappa shape index (κ3) is 5.57. The van der Waals surface area contributed by atoms with E-state index in [2.05, 4.69) is 15.7 Å². The van der Waals surface area contributed by atoms with E-state index in [9.17, 15) is 14.0 Å². The van der Waals surface area contributed by atoms with Gasteiger partial charge in [-0.3, -0.25) is 9.59 Å². The molecule has 0 spiro atoms. The summed E-state index contributed by atoms with van der Waals surface area (Å²) >= 11 is 0. The van der Waals surface area contributed by atoms with Crippen molar-refractivity contribution >= 4 is 17.6 Å². The first kappa shape index (κ1) is 22.2. The first-order valence-corrected chi connectivity index (χ1v) is 10.4. The average molecular weight is 423 g/mol. The molecule has 2 aromatic carbocycles. The van der Waals surface area contributed by atoms with Gasteiger partial charge in [0.05, 0.1) is 11.4 Å². The first-order valence-electron chi connectivity index (χ1n) is 10.4. The molecule has 1 aromatic heterocycles. The number of amides is 2. The Balaban J connectivity index is 1.90. The number of nitrogens with zero attached hydrogens (tertiary/aromatic N) is 2. The van der Waals surface area contributed by atoms with Crippen LogP contribution in [0.2, 0.25) is 0 Å². The highest BCUT2D eigenvalue weighted by Crippen LogP contribution is 2.33. The van der Waals surface area contributed by atoms with Gasteiger partial charge in [-0.15, -0.1) is 0 Å². The van der Waals surface area contributed by atoms with Crippen LogP contribution < -0.4 is 10.6 Å². The summed E-state index contributed by atoms with van der Waals surface area (Å²) in [6.45, 7) is 5.75. The lowest BCUT2D eigenvalue weighted by Gasteiger charge is -2.13. The minimum Gasteiger partial charge on any atom is -0.354 e. The molecule has 0 fully saturated rings. The van der Waals surface area contributed by atoms with Crippen molar-refractivity contribution in [1.29, 1.82) is 0 Å². The van der Waals surface area contributed by atoms with Gasteiger partial charge in [0.15, 0.2) is 0 Å². The van der Waals surface area contributed by atoms with Crippen LogP contribution in [0.3, 0.4) is 0 Å². The number of benzene rings is 2. The Morgan fingerprint density at radius 3 is 2.45 bits per heavy atom. The van der Waals surface area contributed by atoms with Crippen molar-refractivity contribution in [3.05, 3.63) is 66.1 Å². The maximum atomic E-state index is 13.8. The quantitative estimate of drug-likeness (QED) is 0.556. The summed E-state index contributed by atoms with van der Waals surface area (Å²) in [5, 5.41) is 10.3. The van der Waals surface area contributed by atoms with E-state index in [4.69, 9.17) is 0 Å². The van der Waals surface area contributed by atoms with Crippen LogP contribution in [0.25, 0.3) is 16.8 Å². The summed E-state index contributed by atoms with van der Waals surface area (Å²) < 4.78 is 15.4. The van der Waals surface area contributed by atoms with Gasteiger partial charge in [-0.2, -0.15) is 5.10 Å². The Hall–Kier alpha value is -3.48. The molecule has 0 saturated carbocycles. The van der Waals surface area contributed by atoms with Crippen molar-refractivity contribution in [2.45, 2.75) is 46.1 Å². The minimum atomic E-state index is -0.397. The van der Waals surface area contributed by atoms with Crippen LogP contribution in [-0.2, 0) is 9.59 Å². The number of hydrogen-bond donors (Lipinski definition) is 2. The van der Waals surface area contributed by atoms with Gasteiger partial charge < -0.3 is 10.6 Å². The van der Waals surface area contributed by atoms with E-state index in [0.717, 1.165) is 17.5 Å². The Morgan fingerprint density at radius 1 is 1.06 bits per heavy atom. The lowest BCUT2D eigenvalue weighted by atomic mass is 10.1. The van der Waals surface area contributed by atoms with Gasteiger partial charge >= 0.3 is 0 Å². The minimum absolute atomic E-state index is 0.0316. The molecule has 2 N–H and O–H groups in total. The number of carbonyl (C=O) groups excluding carboxylic acids is 2. The highest BCUT2D eigenvalue weighted by Gasteiger charge is 2.20. The predicted molar refractivity (Wildman–Crippen MR) is 119 cm³/mol. The van der Waals surface area contributed by atoms with Crippen molar-refractivity contribution < 1.29 is 14.0 Å². The van der Waals surface area contributed by atoms with Crippen LogP contribution in [0.5, 0.6) is 0 Å². The van der Waals surface area contributed by atoms with Crippen LogP contribution in [0, 0.1) is 12.7 Å². The predicted octanol–water partition coefficient (Wildman–Crippen LogP) is 4.62. The number of rotatable bonds is 8. The molecule has 2 amide bonds. The maximum absolute atomic E-state index is 13.8.